The monoisotopic (exact) mass is 326 g/mol. The van der Waals surface area contributed by atoms with E-state index in [0.717, 1.165) is 22.7 Å². The maximum Gasteiger partial charge on any atom is 0.355 e. The molecule has 0 aliphatic rings. The highest BCUT2D eigenvalue weighted by Gasteiger charge is 2.13. The second-order valence-corrected chi connectivity index (χ2v) is 5.63. The maximum absolute atomic E-state index is 11.8. The number of rotatable bonds is 5. The van der Waals surface area contributed by atoms with E-state index in [0.29, 0.717) is 10.1 Å². The third kappa shape index (κ3) is 4.07. The highest BCUT2D eigenvalue weighted by Crippen LogP contribution is 2.15. The summed E-state index contributed by atoms with van der Waals surface area (Å²) in [6.07, 6.45) is 0. The number of carboxylic acids is 1. The van der Waals surface area contributed by atoms with Gasteiger partial charge in [0.1, 0.15) is 10.7 Å². The number of hydrogen-bond acceptors (Lipinski definition) is 7. The largest absolute Gasteiger partial charge is 0.476 e. The number of amides is 2. The van der Waals surface area contributed by atoms with Crippen molar-refractivity contribution < 1.29 is 19.5 Å². The lowest BCUT2D eigenvalue weighted by Crippen LogP contribution is -2.23. The molecule has 0 radical (unpaired) electrons. The van der Waals surface area contributed by atoms with Gasteiger partial charge in [-0.3, -0.25) is 9.59 Å². The van der Waals surface area contributed by atoms with E-state index in [1.165, 1.54) is 17.7 Å². The summed E-state index contributed by atoms with van der Waals surface area (Å²) in [6.45, 7) is 1.47. The van der Waals surface area contributed by atoms with Crippen molar-refractivity contribution >= 4 is 45.6 Å². The highest BCUT2D eigenvalue weighted by molar-refractivity contribution is 7.14. The summed E-state index contributed by atoms with van der Waals surface area (Å²) in [7, 11) is 0. The predicted molar refractivity (Wildman–Crippen MR) is 76.7 cm³/mol. The molecule has 2 heterocycles. The lowest BCUT2D eigenvalue weighted by Gasteiger charge is -1.99. The number of aromatic carboxylic acids is 1. The molecule has 0 aromatic carbocycles. The third-order valence-electron chi connectivity index (χ3n) is 2.19. The van der Waals surface area contributed by atoms with Gasteiger partial charge in [-0.15, -0.1) is 22.7 Å². The maximum atomic E-state index is 11.8. The molecule has 110 valence electrons. The van der Waals surface area contributed by atoms with Gasteiger partial charge in [-0.1, -0.05) is 0 Å². The molecule has 0 saturated heterocycles. The van der Waals surface area contributed by atoms with Crippen LogP contribution in [-0.2, 0) is 11.3 Å². The van der Waals surface area contributed by atoms with Crippen molar-refractivity contribution in [2.45, 2.75) is 13.5 Å². The fourth-order valence-electron chi connectivity index (χ4n) is 1.32. The van der Waals surface area contributed by atoms with E-state index in [1.54, 1.807) is 0 Å². The molecular formula is C11H10N4O4S2. The molecule has 0 aliphatic carbocycles. The molecule has 0 atom stereocenters. The zero-order valence-corrected chi connectivity index (χ0v) is 12.4. The normalized spacial score (nSPS) is 10.1. The Bertz CT molecular complexity index is 694. The van der Waals surface area contributed by atoms with Crippen molar-refractivity contribution in [1.29, 1.82) is 0 Å². The van der Waals surface area contributed by atoms with E-state index >= 15 is 0 Å². The molecule has 0 saturated carbocycles. The number of anilines is 1. The van der Waals surface area contributed by atoms with E-state index in [-0.39, 0.29) is 23.8 Å². The second kappa shape index (κ2) is 6.41. The first-order valence-electron chi connectivity index (χ1n) is 5.64. The van der Waals surface area contributed by atoms with Crippen LogP contribution in [0.25, 0.3) is 0 Å². The molecule has 0 aliphatic heterocycles. The van der Waals surface area contributed by atoms with E-state index in [4.69, 9.17) is 5.11 Å². The van der Waals surface area contributed by atoms with Crippen LogP contribution in [0.1, 0.15) is 32.9 Å². The number of carboxylic acid groups (broad SMARTS) is 1. The van der Waals surface area contributed by atoms with Crippen molar-refractivity contribution in [3.63, 3.8) is 0 Å². The fourth-order valence-corrected chi connectivity index (χ4v) is 2.77. The van der Waals surface area contributed by atoms with Gasteiger partial charge in [0.25, 0.3) is 5.91 Å². The molecule has 2 aromatic heterocycles. The summed E-state index contributed by atoms with van der Waals surface area (Å²) in [5.74, 6) is -1.79. The molecule has 0 spiro atoms. The third-order valence-corrected chi connectivity index (χ3v) is 3.80. The minimum absolute atomic E-state index is 0.0501. The standard InChI is InChI=1S/C11H10N4O4S2/c1-5(16)13-11-15-6(3-21-11)9(17)12-2-8-14-7(4-20-8)10(18)19/h3-4H,2H2,1H3,(H,12,17)(H,18,19)(H,13,15,16). The van der Waals surface area contributed by atoms with Crippen LogP contribution in [0.3, 0.4) is 0 Å². The minimum Gasteiger partial charge on any atom is -0.476 e. The molecule has 0 unspecified atom stereocenters. The van der Waals surface area contributed by atoms with Crippen molar-refractivity contribution in [3.05, 3.63) is 27.2 Å². The van der Waals surface area contributed by atoms with Crippen LogP contribution in [-0.4, -0.2) is 32.9 Å². The SMILES string of the molecule is CC(=O)Nc1nc(C(=O)NCc2nc(C(=O)O)cs2)cs1. The molecule has 2 rings (SSSR count). The Kier molecular flexibility index (Phi) is 4.60. The lowest BCUT2D eigenvalue weighted by molar-refractivity contribution is -0.114. The van der Waals surface area contributed by atoms with Crippen molar-refractivity contribution in [2.24, 2.45) is 0 Å². The van der Waals surface area contributed by atoms with Crippen LogP contribution in [0.5, 0.6) is 0 Å². The number of carbonyl (C=O) groups is 3. The number of nitrogens with zero attached hydrogens (tertiary/aromatic N) is 2. The van der Waals surface area contributed by atoms with Crippen LogP contribution in [0.15, 0.2) is 10.8 Å². The van der Waals surface area contributed by atoms with E-state index in [2.05, 4.69) is 20.6 Å². The van der Waals surface area contributed by atoms with E-state index in [1.807, 2.05) is 0 Å². The van der Waals surface area contributed by atoms with Crippen molar-refractivity contribution in [3.8, 4) is 0 Å². The summed E-state index contributed by atoms with van der Waals surface area (Å²) < 4.78 is 0. The Morgan fingerprint density at radius 2 is 1.90 bits per heavy atom. The van der Waals surface area contributed by atoms with Gasteiger partial charge in [0.15, 0.2) is 10.8 Å². The summed E-state index contributed by atoms with van der Waals surface area (Å²) in [5, 5.41) is 17.6. The van der Waals surface area contributed by atoms with E-state index in [9.17, 15) is 14.4 Å². The number of carbonyl (C=O) groups excluding carboxylic acids is 2. The van der Waals surface area contributed by atoms with Gasteiger partial charge in [-0.05, 0) is 0 Å². The van der Waals surface area contributed by atoms with Crippen LogP contribution in [0, 0.1) is 0 Å². The van der Waals surface area contributed by atoms with Gasteiger partial charge in [0, 0.05) is 17.7 Å². The predicted octanol–water partition coefficient (Wildman–Crippen LogP) is 1.19. The zero-order chi connectivity index (χ0) is 15.4. The topological polar surface area (TPSA) is 121 Å². The van der Waals surface area contributed by atoms with Gasteiger partial charge in [0.2, 0.25) is 5.91 Å². The number of nitrogens with one attached hydrogen (secondary N) is 2. The van der Waals surface area contributed by atoms with Gasteiger partial charge in [0.05, 0.1) is 6.54 Å². The molecule has 0 bridgehead atoms. The Labute approximate surface area is 126 Å². The first-order valence-corrected chi connectivity index (χ1v) is 7.40. The summed E-state index contributed by atoms with van der Waals surface area (Å²) in [5.41, 5.74) is 0.129. The fraction of sp³-hybridized carbons (Fsp3) is 0.182. The number of hydrogen-bond donors (Lipinski definition) is 3. The highest BCUT2D eigenvalue weighted by atomic mass is 32.1. The van der Waals surface area contributed by atoms with Gasteiger partial charge in [-0.25, -0.2) is 14.8 Å². The van der Waals surface area contributed by atoms with Crippen LogP contribution in [0.4, 0.5) is 5.13 Å². The van der Waals surface area contributed by atoms with Crippen molar-refractivity contribution in [1.82, 2.24) is 15.3 Å². The molecule has 10 heteroatoms. The number of thiazole rings is 2. The first kappa shape index (κ1) is 15.1. The Hall–Kier alpha value is -2.33. The Balaban J connectivity index is 1.93. The molecular weight excluding hydrogens is 316 g/mol. The Morgan fingerprint density at radius 3 is 2.52 bits per heavy atom. The molecule has 2 aromatic rings. The number of aromatic nitrogens is 2. The minimum atomic E-state index is -1.11. The van der Waals surface area contributed by atoms with E-state index < -0.39 is 11.9 Å². The summed E-state index contributed by atoms with van der Waals surface area (Å²) in [6, 6.07) is 0. The molecule has 8 nitrogen and oxygen atoms in total. The van der Waals surface area contributed by atoms with Crippen LogP contribution in [0.2, 0.25) is 0 Å². The quantitative estimate of drug-likeness (QED) is 0.758. The van der Waals surface area contributed by atoms with Crippen LogP contribution < -0.4 is 10.6 Å². The summed E-state index contributed by atoms with van der Waals surface area (Å²) in [4.78, 5) is 41.2. The van der Waals surface area contributed by atoms with Gasteiger partial charge >= 0.3 is 5.97 Å². The Morgan fingerprint density at radius 1 is 1.19 bits per heavy atom. The molecule has 3 N–H and O–H groups in total. The van der Waals surface area contributed by atoms with Crippen LogP contribution >= 0.6 is 22.7 Å². The second-order valence-electron chi connectivity index (χ2n) is 3.83. The van der Waals surface area contributed by atoms with Gasteiger partial charge in [-0.2, -0.15) is 0 Å². The van der Waals surface area contributed by atoms with Crippen molar-refractivity contribution in [2.75, 3.05) is 5.32 Å². The average Bonchev–Trinajstić information content (AvgIpc) is 3.04. The molecule has 21 heavy (non-hydrogen) atoms. The summed E-state index contributed by atoms with van der Waals surface area (Å²) >= 11 is 2.29. The lowest BCUT2D eigenvalue weighted by atomic mass is 10.4. The smallest absolute Gasteiger partial charge is 0.355 e. The average molecular weight is 326 g/mol. The zero-order valence-electron chi connectivity index (χ0n) is 10.7. The van der Waals surface area contributed by atoms with Gasteiger partial charge < -0.3 is 15.7 Å². The first-order chi connectivity index (χ1) is 9.95. The molecule has 0 fully saturated rings. The molecule has 2 amide bonds.